The summed E-state index contributed by atoms with van der Waals surface area (Å²) in [6.07, 6.45) is 2.65. The molecule has 4 nitrogen and oxygen atoms in total. The van der Waals surface area contributed by atoms with Crippen molar-refractivity contribution in [1.82, 2.24) is 10.6 Å². The topological polar surface area (TPSA) is 54.3 Å². The second-order valence-corrected chi connectivity index (χ2v) is 4.44. The van der Waals surface area contributed by atoms with E-state index in [2.05, 4.69) is 17.6 Å². The number of hydrogen-bond donors (Lipinski definition) is 2. The summed E-state index contributed by atoms with van der Waals surface area (Å²) in [5.41, 5.74) is 0.637. The molecule has 0 aliphatic carbocycles. The molecule has 2 unspecified atom stereocenters. The molecule has 2 heterocycles. The van der Waals surface area contributed by atoms with Gasteiger partial charge in [0.15, 0.2) is 0 Å². The molecule has 1 aliphatic heterocycles. The number of halogens is 1. The van der Waals surface area contributed by atoms with Gasteiger partial charge in [-0.1, -0.05) is 6.92 Å². The minimum atomic E-state index is -0.0354. The Morgan fingerprint density at radius 3 is 2.94 bits per heavy atom. The molecule has 2 N–H and O–H groups in total. The fourth-order valence-corrected chi connectivity index (χ4v) is 2.05. The zero-order valence-corrected chi connectivity index (χ0v) is 11.0. The van der Waals surface area contributed by atoms with E-state index in [1.54, 1.807) is 19.3 Å². The van der Waals surface area contributed by atoms with E-state index in [0.717, 1.165) is 19.5 Å². The fraction of sp³-hybridized carbons (Fsp3) is 0.583. The summed E-state index contributed by atoms with van der Waals surface area (Å²) in [5, 5.41) is 6.34. The second kappa shape index (κ2) is 6.07. The van der Waals surface area contributed by atoms with Crippen LogP contribution in [0.25, 0.3) is 0 Å². The maximum absolute atomic E-state index is 11.9. The highest BCUT2D eigenvalue weighted by atomic mass is 35.5. The Bertz CT molecular complexity index is 378. The van der Waals surface area contributed by atoms with Gasteiger partial charge in [0.25, 0.3) is 5.91 Å². The summed E-state index contributed by atoms with van der Waals surface area (Å²) < 4.78 is 5.13. The largest absolute Gasteiger partial charge is 0.469 e. The molecule has 0 bridgehead atoms. The van der Waals surface area contributed by atoms with Crippen LogP contribution >= 0.6 is 12.4 Å². The highest BCUT2D eigenvalue weighted by Gasteiger charge is 2.23. The number of nitrogens with one attached hydrogen (secondary N) is 2. The maximum Gasteiger partial charge on any atom is 0.255 e. The van der Waals surface area contributed by atoms with Crippen LogP contribution in [0, 0.1) is 12.8 Å². The monoisotopic (exact) mass is 258 g/mol. The lowest BCUT2D eigenvalue weighted by atomic mass is 9.94. The van der Waals surface area contributed by atoms with Crippen LogP contribution in [0.3, 0.4) is 0 Å². The lowest BCUT2D eigenvalue weighted by Gasteiger charge is -2.30. The van der Waals surface area contributed by atoms with Crippen molar-refractivity contribution in [3.63, 3.8) is 0 Å². The SMILES string of the molecule is Cc1occc1C(=O)NC1CNCCC1C.Cl. The van der Waals surface area contributed by atoms with Gasteiger partial charge in [-0.25, -0.2) is 0 Å². The number of piperidine rings is 1. The Morgan fingerprint density at radius 1 is 1.59 bits per heavy atom. The lowest BCUT2D eigenvalue weighted by molar-refractivity contribution is 0.0913. The van der Waals surface area contributed by atoms with Gasteiger partial charge in [-0.15, -0.1) is 12.4 Å². The molecule has 1 fully saturated rings. The van der Waals surface area contributed by atoms with Crippen molar-refractivity contribution >= 4 is 18.3 Å². The zero-order valence-electron chi connectivity index (χ0n) is 10.2. The highest BCUT2D eigenvalue weighted by molar-refractivity contribution is 5.95. The molecule has 0 radical (unpaired) electrons. The number of aryl methyl sites for hydroxylation is 1. The molecule has 1 saturated heterocycles. The van der Waals surface area contributed by atoms with Gasteiger partial charge in [0, 0.05) is 12.6 Å². The smallest absolute Gasteiger partial charge is 0.255 e. The highest BCUT2D eigenvalue weighted by Crippen LogP contribution is 2.13. The molecule has 0 spiro atoms. The molecular weight excluding hydrogens is 240 g/mol. The van der Waals surface area contributed by atoms with Gasteiger partial charge >= 0.3 is 0 Å². The quantitative estimate of drug-likeness (QED) is 0.850. The second-order valence-electron chi connectivity index (χ2n) is 4.44. The van der Waals surface area contributed by atoms with E-state index in [9.17, 15) is 4.79 Å². The van der Waals surface area contributed by atoms with Crippen LogP contribution in [0.15, 0.2) is 16.7 Å². The van der Waals surface area contributed by atoms with Crippen molar-refractivity contribution in [3.8, 4) is 0 Å². The van der Waals surface area contributed by atoms with E-state index in [-0.39, 0.29) is 24.4 Å². The average molecular weight is 259 g/mol. The molecule has 17 heavy (non-hydrogen) atoms. The number of rotatable bonds is 2. The van der Waals surface area contributed by atoms with Crippen LogP contribution in [-0.2, 0) is 0 Å². The predicted octanol–water partition coefficient (Wildman–Crippen LogP) is 1.74. The summed E-state index contributed by atoms with van der Waals surface area (Å²) in [6.45, 7) is 5.87. The molecule has 2 atom stereocenters. The average Bonchev–Trinajstić information content (AvgIpc) is 2.68. The van der Waals surface area contributed by atoms with Gasteiger partial charge in [0.2, 0.25) is 0 Å². The van der Waals surface area contributed by atoms with Crippen molar-refractivity contribution in [1.29, 1.82) is 0 Å². The molecule has 1 aromatic heterocycles. The lowest BCUT2D eigenvalue weighted by Crippen LogP contribution is -2.50. The van der Waals surface area contributed by atoms with Gasteiger partial charge in [-0.05, 0) is 31.9 Å². The van der Waals surface area contributed by atoms with Crippen LogP contribution in [0.4, 0.5) is 0 Å². The van der Waals surface area contributed by atoms with Crippen molar-refractivity contribution in [3.05, 3.63) is 23.7 Å². The third-order valence-electron chi connectivity index (χ3n) is 3.25. The minimum absolute atomic E-state index is 0. The van der Waals surface area contributed by atoms with Gasteiger partial charge in [-0.3, -0.25) is 4.79 Å². The predicted molar refractivity (Wildman–Crippen MR) is 68.6 cm³/mol. The fourth-order valence-electron chi connectivity index (χ4n) is 2.05. The molecule has 2 rings (SSSR count). The summed E-state index contributed by atoms with van der Waals surface area (Å²) in [4.78, 5) is 11.9. The molecule has 1 amide bonds. The van der Waals surface area contributed by atoms with E-state index in [4.69, 9.17) is 4.42 Å². The third kappa shape index (κ3) is 3.23. The standard InChI is InChI=1S/C12H18N2O2.ClH/c1-8-3-5-13-7-11(8)14-12(15)10-4-6-16-9(10)2;/h4,6,8,11,13H,3,5,7H2,1-2H3,(H,14,15);1H. The van der Waals surface area contributed by atoms with Crippen molar-refractivity contribution < 1.29 is 9.21 Å². The molecule has 1 aromatic rings. The minimum Gasteiger partial charge on any atom is -0.469 e. The van der Waals surface area contributed by atoms with Gasteiger partial charge in [-0.2, -0.15) is 0 Å². The zero-order chi connectivity index (χ0) is 11.5. The first-order chi connectivity index (χ1) is 7.68. The van der Waals surface area contributed by atoms with E-state index >= 15 is 0 Å². The molecular formula is C12H19ClN2O2. The molecule has 96 valence electrons. The molecule has 1 aliphatic rings. The van der Waals surface area contributed by atoms with Gasteiger partial charge in [0.05, 0.1) is 11.8 Å². The van der Waals surface area contributed by atoms with E-state index in [1.165, 1.54) is 0 Å². The van der Waals surface area contributed by atoms with E-state index in [1.807, 2.05) is 0 Å². The Morgan fingerprint density at radius 2 is 2.35 bits per heavy atom. The van der Waals surface area contributed by atoms with Gasteiger partial charge in [0.1, 0.15) is 5.76 Å². The summed E-state index contributed by atoms with van der Waals surface area (Å²) >= 11 is 0. The van der Waals surface area contributed by atoms with Crippen LogP contribution in [0.1, 0.15) is 29.5 Å². The number of amides is 1. The number of carbonyl (C=O) groups is 1. The van der Waals surface area contributed by atoms with Crippen molar-refractivity contribution in [2.45, 2.75) is 26.3 Å². The molecule has 0 saturated carbocycles. The van der Waals surface area contributed by atoms with Crippen LogP contribution < -0.4 is 10.6 Å². The maximum atomic E-state index is 11.9. The van der Waals surface area contributed by atoms with Crippen molar-refractivity contribution in [2.24, 2.45) is 5.92 Å². The Hall–Kier alpha value is -1.00. The van der Waals surface area contributed by atoms with Crippen LogP contribution in [0.2, 0.25) is 0 Å². The summed E-state index contributed by atoms with van der Waals surface area (Å²) in [7, 11) is 0. The number of hydrogen-bond acceptors (Lipinski definition) is 3. The third-order valence-corrected chi connectivity index (χ3v) is 3.25. The first-order valence-electron chi connectivity index (χ1n) is 5.74. The summed E-state index contributed by atoms with van der Waals surface area (Å²) in [6, 6.07) is 1.93. The van der Waals surface area contributed by atoms with Crippen molar-refractivity contribution in [2.75, 3.05) is 13.1 Å². The number of carbonyl (C=O) groups excluding carboxylic acids is 1. The van der Waals surface area contributed by atoms with Gasteiger partial charge < -0.3 is 15.1 Å². The van der Waals surface area contributed by atoms with E-state index in [0.29, 0.717) is 17.2 Å². The van der Waals surface area contributed by atoms with E-state index < -0.39 is 0 Å². The first kappa shape index (κ1) is 14.1. The van der Waals surface area contributed by atoms with Crippen LogP contribution in [-0.4, -0.2) is 25.0 Å². The summed E-state index contributed by atoms with van der Waals surface area (Å²) in [5.74, 6) is 1.16. The first-order valence-corrected chi connectivity index (χ1v) is 5.74. The number of furan rings is 1. The Kier molecular flexibility index (Phi) is 5.02. The Labute approximate surface area is 108 Å². The molecule has 0 aromatic carbocycles. The normalized spacial score (nSPS) is 23.9. The van der Waals surface area contributed by atoms with Crippen LogP contribution in [0.5, 0.6) is 0 Å². The molecule has 5 heteroatoms. The Balaban J connectivity index is 0.00000144.